The molecule has 0 spiro atoms. The summed E-state index contributed by atoms with van der Waals surface area (Å²) in [4.78, 5) is 16.0. The van der Waals surface area contributed by atoms with Gasteiger partial charge in [0.1, 0.15) is 0 Å². The lowest BCUT2D eigenvalue weighted by molar-refractivity contribution is 0.102. The van der Waals surface area contributed by atoms with Crippen LogP contribution < -0.4 is 5.32 Å². The van der Waals surface area contributed by atoms with Crippen LogP contribution in [0.5, 0.6) is 0 Å². The maximum Gasteiger partial charge on any atom is 0.255 e. The van der Waals surface area contributed by atoms with Crippen LogP contribution in [0.15, 0.2) is 42.7 Å². The number of aromatic nitrogens is 1. The number of aryl methyl sites for hydroxylation is 1. The molecule has 0 aliphatic rings. The van der Waals surface area contributed by atoms with Crippen LogP contribution in [0.2, 0.25) is 0 Å². The highest BCUT2D eigenvalue weighted by atomic mass is 35.5. The van der Waals surface area contributed by atoms with Gasteiger partial charge in [0.25, 0.3) is 5.91 Å². The molecule has 0 fully saturated rings. The van der Waals surface area contributed by atoms with E-state index in [1.54, 1.807) is 24.5 Å². The van der Waals surface area contributed by atoms with Crippen molar-refractivity contribution in [2.45, 2.75) is 12.8 Å². The molecule has 3 nitrogen and oxygen atoms in total. The summed E-state index contributed by atoms with van der Waals surface area (Å²) in [5, 5.41) is 2.80. The lowest BCUT2D eigenvalue weighted by Gasteiger charge is -2.06. The molecule has 1 aromatic heterocycles. The average Bonchev–Trinajstić information content (AvgIpc) is 2.39. The first-order chi connectivity index (χ1) is 8.69. The molecule has 2 aromatic rings. The number of carbonyl (C=O) groups is 1. The predicted octanol–water partition coefficient (Wildman–Crippen LogP) is 3.38. The van der Waals surface area contributed by atoms with Gasteiger partial charge in [-0.15, -0.1) is 11.6 Å². The van der Waals surface area contributed by atoms with Crippen molar-refractivity contribution >= 4 is 23.2 Å². The van der Waals surface area contributed by atoms with Gasteiger partial charge in [-0.25, -0.2) is 0 Å². The van der Waals surface area contributed by atoms with Crippen molar-refractivity contribution in [3.8, 4) is 0 Å². The quantitative estimate of drug-likeness (QED) is 0.860. The molecule has 1 heterocycles. The summed E-state index contributed by atoms with van der Waals surface area (Å²) >= 11 is 5.70. The molecular formula is C14H13ClN2O. The first-order valence-corrected chi connectivity index (χ1v) is 6.10. The predicted molar refractivity (Wildman–Crippen MR) is 72.9 cm³/mol. The van der Waals surface area contributed by atoms with Crippen molar-refractivity contribution in [2.24, 2.45) is 0 Å². The monoisotopic (exact) mass is 260 g/mol. The molecular weight excluding hydrogens is 248 g/mol. The summed E-state index contributed by atoms with van der Waals surface area (Å²) in [6.45, 7) is 1.93. The average molecular weight is 261 g/mol. The molecule has 0 aliphatic carbocycles. The molecule has 0 bridgehead atoms. The van der Waals surface area contributed by atoms with E-state index in [2.05, 4.69) is 10.3 Å². The van der Waals surface area contributed by atoms with Gasteiger partial charge < -0.3 is 5.32 Å². The van der Waals surface area contributed by atoms with Crippen LogP contribution in [0.3, 0.4) is 0 Å². The number of carbonyl (C=O) groups excluding carboxylic acids is 1. The number of pyridine rings is 1. The Bertz CT molecular complexity index is 552. The molecule has 1 aromatic carbocycles. The second-order valence-electron chi connectivity index (χ2n) is 4.04. The molecule has 4 heteroatoms. The van der Waals surface area contributed by atoms with E-state index in [0.717, 1.165) is 11.1 Å². The van der Waals surface area contributed by atoms with Crippen LogP contribution in [0.1, 0.15) is 21.5 Å². The fraction of sp³-hybridized carbons (Fsp3) is 0.143. The minimum atomic E-state index is -0.150. The Morgan fingerprint density at radius 3 is 2.61 bits per heavy atom. The van der Waals surface area contributed by atoms with Crippen molar-refractivity contribution in [3.63, 3.8) is 0 Å². The van der Waals surface area contributed by atoms with Gasteiger partial charge in [0.15, 0.2) is 0 Å². The Kier molecular flexibility index (Phi) is 3.95. The van der Waals surface area contributed by atoms with E-state index in [1.807, 2.05) is 25.1 Å². The van der Waals surface area contributed by atoms with Gasteiger partial charge in [-0.3, -0.25) is 9.78 Å². The second kappa shape index (κ2) is 5.65. The summed E-state index contributed by atoms with van der Waals surface area (Å²) in [6, 6.07) is 9.08. The Morgan fingerprint density at radius 1 is 1.28 bits per heavy atom. The van der Waals surface area contributed by atoms with Crippen LogP contribution in [0.25, 0.3) is 0 Å². The lowest BCUT2D eigenvalue weighted by atomic mass is 10.1. The number of nitrogens with zero attached hydrogens (tertiary/aromatic N) is 1. The van der Waals surface area contributed by atoms with E-state index in [1.165, 1.54) is 0 Å². The highest BCUT2D eigenvalue weighted by molar-refractivity contribution is 6.17. The van der Waals surface area contributed by atoms with Crippen LogP contribution in [-0.2, 0) is 5.88 Å². The fourth-order valence-electron chi connectivity index (χ4n) is 1.57. The second-order valence-corrected chi connectivity index (χ2v) is 4.30. The van der Waals surface area contributed by atoms with Gasteiger partial charge in [-0.1, -0.05) is 12.1 Å². The van der Waals surface area contributed by atoms with Crippen LogP contribution in [0.4, 0.5) is 5.69 Å². The van der Waals surface area contributed by atoms with E-state index >= 15 is 0 Å². The van der Waals surface area contributed by atoms with Gasteiger partial charge in [-0.05, 0) is 36.2 Å². The largest absolute Gasteiger partial charge is 0.321 e. The minimum Gasteiger partial charge on any atom is -0.321 e. The molecule has 1 amide bonds. The van der Waals surface area contributed by atoms with E-state index < -0.39 is 0 Å². The number of benzene rings is 1. The maximum absolute atomic E-state index is 12.0. The number of amides is 1. The number of alkyl halides is 1. The molecule has 0 unspecified atom stereocenters. The summed E-state index contributed by atoms with van der Waals surface area (Å²) in [5.41, 5.74) is 3.29. The van der Waals surface area contributed by atoms with Crippen molar-refractivity contribution in [1.82, 2.24) is 4.98 Å². The van der Waals surface area contributed by atoms with Gasteiger partial charge in [0.05, 0.1) is 11.9 Å². The molecule has 18 heavy (non-hydrogen) atoms. The highest BCUT2D eigenvalue weighted by Gasteiger charge is 2.06. The molecule has 0 aliphatic heterocycles. The van der Waals surface area contributed by atoms with E-state index in [-0.39, 0.29) is 5.91 Å². The number of rotatable bonds is 3. The summed E-state index contributed by atoms with van der Waals surface area (Å²) in [6.07, 6.45) is 3.36. The standard InChI is InChI=1S/C14H13ClN2O/c1-10-6-13(9-16-8-10)17-14(18)12-4-2-11(7-15)3-5-12/h2-6,8-9H,7H2,1H3,(H,17,18). The Morgan fingerprint density at radius 2 is 2.00 bits per heavy atom. The van der Waals surface area contributed by atoms with Crippen molar-refractivity contribution in [1.29, 1.82) is 0 Å². The Hall–Kier alpha value is -1.87. The summed E-state index contributed by atoms with van der Waals surface area (Å²) in [5.74, 6) is 0.299. The molecule has 0 saturated carbocycles. The van der Waals surface area contributed by atoms with Gasteiger partial charge in [0.2, 0.25) is 0 Å². The summed E-state index contributed by atoms with van der Waals surface area (Å²) in [7, 11) is 0. The fourth-order valence-corrected chi connectivity index (χ4v) is 1.75. The molecule has 0 saturated heterocycles. The van der Waals surface area contributed by atoms with Crippen LogP contribution >= 0.6 is 11.6 Å². The minimum absolute atomic E-state index is 0.150. The van der Waals surface area contributed by atoms with E-state index in [4.69, 9.17) is 11.6 Å². The third kappa shape index (κ3) is 3.08. The van der Waals surface area contributed by atoms with E-state index in [9.17, 15) is 4.79 Å². The number of hydrogen-bond acceptors (Lipinski definition) is 2. The van der Waals surface area contributed by atoms with Gasteiger partial charge in [0, 0.05) is 17.6 Å². The molecule has 0 atom stereocenters. The smallest absolute Gasteiger partial charge is 0.255 e. The number of hydrogen-bond donors (Lipinski definition) is 1. The maximum atomic E-state index is 12.0. The number of anilines is 1. The van der Waals surface area contributed by atoms with Crippen molar-refractivity contribution < 1.29 is 4.79 Å². The summed E-state index contributed by atoms with van der Waals surface area (Å²) < 4.78 is 0. The third-order valence-electron chi connectivity index (χ3n) is 2.50. The Balaban J connectivity index is 2.11. The zero-order chi connectivity index (χ0) is 13.0. The topological polar surface area (TPSA) is 42.0 Å². The number of nitrogens with one attached hydrogen (secondary N) is 1. The Labute approximate surface area is 111 Å². The third-order valence-corrected chi connectivity index (χ3v) is 2.81. The first-order valence-electron chi connectivity index (χ1n) is 5.57. The highest BCUT2D eigenvalue weighted by Crippen LogP contribution is 2.11. The number of halogens is 1. The van der Waals surface area contributed by atoms with Gasteiger partial charge in [-0.2, -0.15) is 0 Å². The molecule has 1 N–H and O–H groups in total. The zero-order valence-electron chi connectivity index (χ0n) is 9.98. The first kappa shape index (κ1) is 12.6. The molecule has 0 radical (unpaired) electrons. The van der Waals surface area contributed by atoms with E-state index in [0.29, 0.717) is 17.1 Å². The van der Waals surface area contributed by atoms with Crippen molar-refractivity contribution in [3.05, 3.63) is 59.4 Å². The zero-order valence-corrected chi connectivity index (χ0v) is 10.7. The van der Waals surface area contributed by atoms with Crippen LogP contribution in [0, 0.1) is 6.92 Å². The van der Waals surface area contributed by atoms with Crippen molar-refractivity contribution in [2.75, 3.05) is 5.32 Å². The normalized spacial score (nSPS) is 10.1. The van der Waals surface area contributed by atoms with Gasteiger partial charge >= 0.3 is 0 Å². The SMILES string of the molecule is Cc1cncc(NC(=O)c2ccc(CCl)cc2)c1. The molecule has 92 valence electrons. The van der Waals surface area contributed by atoms with Crippen LogP contribution in [-0.4, -0.2) is 10.9 Å². The molecule has 2 rings (SSSR count). The lowest BCUT2D eigenvalue weighted by Crippen LogP contribution is -2.12.